The molecule has 0 spiro atoms. The molecular formula is C17H20O2S. The Kier molecular flexibility index (Phi) is 4.29. The first kappa shape index (κ1) is 14.8. The van der Waals surface area contributed by atoms with E-state index in [-0.39, 0.29) is 0 Å². The van der Waals surface area contributed by atoms with Crippen molar-refractivity contribution >= 4 is 9.84 Å². The maximum atomic E-state index is 12.3. The second-order valence-corrected chi connectivity index (χ2v) is 8.08. The van der Waals surface area contributed by atoms with Gasteiger partial charge in [-0.05, 0) is 30.9 Å². The van der Waals surface area contributed by atoms with E-state index < -0.39 is 14.6 Å². The van der Waals surface area contributed by atoms with Crippen molar-refractivity contribution in [3.63, 3.8) is 0 Å². The SMILES string of the molecule is CC(Cc1ccccc1)(Cc1ccccc1)S(C)(=O)=O. The van der Waals surface area contributed by atoms with Crippen LogP contribution in [0.15, 0.2) is 60.7 Å². The number of hydrogen-bond donors (Lipinski definition) is 0. The van der Waals surface area contributed by atoms with E-state index in [0.29, 0.717) is 12.8 Å². The Balaban J connectivity index is 2.32. The van der Waals surface area contributed by atoms with Gasteiger partial charge in [-0.3, -0.25) is 0 Å². The largest absolute Gasteiger partial charge is 0.229 e. The maximum Gasteiger partial charge on any atom is 0.153 e. The molecular weight excluding hydrogens is 268 g/mol. The van der Waals surface area contributed by atoms with Gasteiger partial charge in [0.1, 0.15) is 0 Å². The summed E-state index contributed by atoms with van der Waals surface area (Å²) in [6, 6.07) is 19.6. The van der Waals surface area contributed by atoms with Crippen LogP contribution in [0.2, 0.25) is 0 Å². The van der Waals surface area contributed by atoms with Gasteiger partial charge in [-0.25, -0.2) is 8.42 Å². The Morgan fingerprint density at radius 2 is 1.15 bits per heavy atom. The minimum absolute atomic E-state index is 0.529. The van der Waals surface area contributed by atoms with E-state index in [2.05, 4.69) is 0 Å². The van der Waals surface area contributed by atoms with Gasteiger partial charge in [0.25, 0.3) is 0 Å². The Hall–Kier alpha value is -1.61. The van der Waals surface area contributed by atoms with E-state index in [0.717, 1.165) is 11.1 Å². The Bertz CT molecular complexity index is 604. The normalized spacial score (nSPS) is 12.3. The number of rotatable bonds is 5. The molecule has 2 nitrogen and oxygen atoms in total. The van der Waals surface area contributed by atoms with Gasteiger partial charge >= 0.3 is 0 Å². The second-order valence-electron chi connectivity index (χ2n) is 5.55. The summed E-state index contributed by atoms with van der Waals surface area (Å²) in [5.74, 6) is 0. The lowest BCUT2D eigenvalue weighted by atomic mass is 9.93. The van der Waals surface area contributed by atoms with Crippen LogP contribution in [0.3, 0.4) is 0 Å². The van der Waals surface area contributed by atoms with Gasteiger partial charge in [0.05, 0.1) is 4.75 Å². The third-order valence-electron chi connectivity index (χ3n) is 3.74. The molecule has 0 unspecified atom stereocenters. The molecule has 20 heavy (non-hydrogen) atoms. The van der Waals surface area contributed by atoms with Crippen molar-refractivity contribution in [2.24, 2.45) is 0 Å². The summed E-state index contributed by atoms with van der Waals surface area (Å²) in [4.78, 5) is 0. The van der Waals surface area contributed by atoms with Gasteiger partial charge in [0.2, 0.25) is 0 Å². The van der Waals surface area contributed by atoms with Crippen LogP contribution in [-0.2, 0) is 22.7 Å². The summed E-state index contributed by atoms with van der Waals surface area (Å²) in [7, 11) is -3.16. The maximum absolute atomic E-state index is 12.3. The van der Waals surface area contributed by atoms with Crippen LogP contribution in [0.25, 0.3) is 0 Å². The fourth-order valence-electron chi connectivity index (χ4n) is 2.38. The second kappa shape index (κ2) is 5.80. The summed E-state index contributed by atoms with van der Waals surface area (Å²) >= 11 is 0. The third kappa shape index (κ3) is 3.48. The molecule has 0 aliphatic rings. The fourth-order valence-corrected chi connectivity index (χ4v) is 3.24. The monoisotopic (exact) mass is 288 g/mol. The highest BCUT2D eigenvalue weighted by Gasteiger charge is 2.35. The standard InChI is InChI=1S/C17H20O2S/c1-17(20(2,18)19,13-15-9-5-3-6-10-15)14-16-11-7-4-8-12-16/h3-12H,13-14H2,1-2H3. The van der Waals surface area contributed by atoms with Crippen LogP contribution in [0.5, 0.6) is 0 Å². The van der Waals surface area contributed by atoms with Crippen LogP contribution in [0.4, 0.5) is 0 Å². The molecule has 2 aromatic rings. The minimum atomic E-state index is -3.16. The molecule has 0 fully saturated rings. The smallest absolute Gasteiger partial charge is 0.153 e. The van der Waals surface area contributed by atoms with E-state index in [1.54, 1.807) is 0 Å². The predicted octanol–water partition coefficient (Wildman–Crippen LogP) is 3.28. The van der Waals surface area contributed by atoms with Crippen molar-refractivity contribution in [1.82, 2.24) is 0 Å². The van der Waals surface area contributed by atoms with Crippen molar-refractivity contribution in [3.8, 4) is 0 Å². The molecule has 0 bridgehead atoms. The zero-order chi connectivity index (χ0) is 14.6. The summed E-state index contributed by atoms with van der Waals surface area (Å²) in [6.07, 6.45) is 2.39. The lowest BCUT2D eigenvalue weighted by Crippen LogP contribution is -2.39. The number of hydrogen-bond acceptors (Lipinski definition) is 2. The summed E-state index contributed by atoms with van der Waals surface area (Å²) < 4.78 is 23.7. The van der Waals surface area contributed by atoms with Crippen molar-refractivity contribution in [1.29, 1.82) is 0 Å². The first-order chi connectivity index (χ1) is 9.41. The van der Waals surface area contributed by atoms with Crippen LogP contribution in [0, 0.1) is 0 Å². The van der Waals surface area contributed by atoms with Crippen LogP contribution in [0.1, 0.15) is 18.1 Å². The minimum Gasteiger partial charge on any atom is -0.229 e. The van der Waals surface area contributed by atoms with Crippen LogP contribution >= 0.6 is 0 Å². The van der Waals surface area contributed by atoms with Gasteiger partial charge in [-0.1, -0.05) is 60.7 Å². The summed E-state index contributed by atoms with van der Waals surface area (Å²) in [5.41, 5.74) is 2.10. The molecule has 3 heteroatoms. The van der Waals surface area contributed by atoms with E-state index >= 15 is 0 Å². The summed E-state index contributed by atoms with van der Waals surface area (Å²) in [6.45, 7) is 1.84. The fraction of sp³-hybridized carbons (Fsp3) is 0.294. The van der Waals surface area contributed by atoms with Gasteiger partial charge in [-0.15, -0.1) is 0 Å². The molecule has 0 heterocycles. The van der Waals surface area contributed by atoms with Crippen molar-refractivity contribution in [2.75, 3.05) is 6.26 Å². The third-order valence-corrected chi connectivity index (χ3v) is 5.82. The van der Waals surface area contributed by atoms with Crippen LogP contribution in [-0.4, -0.2) is 19.4 Å². The number of sulfone groups is 1. The average molecular weight is 288 g/mol. The van der Waals surface area contributed by atoms with Gasteiger partial charge in [0, 0.05) is 6.26 Å². The molecule has 0 aliphatic heterocycles. The zero-order valence-corrected chi connectivity index (χ0v) is 12.7. The van der Waals surface area contributed by atoms with Crippen molar-refractivity contribution < 1.29 is 8.42 Å². The highest BCUT2D eigenvalue weighted by atomic mass is 32.2. The van der Waals surface area contributed by atoms with E-state index in [1.807, 2.05) is 67.6 Å². The Morgan fingerprint density at radius 1 is 0.800 bits per heavy atom. The van der Waals surface area contributed by atoms with Gasteiger partial charge < -0.3 is 0 Å². The highest BCUT2D eigenvalue weighted by Crippen LogP contribution is 2.26. The molecule has 0 N–H and O–H groups in total. The number of benzene rings is 2. The van der Waals surface area contributed by atoms with Crippen molar-refractivity contribution in [3.05, 3.63) is 71.8 Å². The molecule has 106 valence electrons. The van der Waals surface area contributed by atoms with Crippen molar-refractivity contribution in [2.45, 2.75) is 24.5 Å². The molecule has 2 aromatic carbocycles. The first-order valence-electron chi connectivity index (χ1n) is 6.68. The molecule has 2 rings (SSSR count). The molecule has 0 radical (unpaired) electrons. The summed E-state index contributed by atoms with van der Waals surface area (Å²) in [5, 5.41) is 0. The van der Waals surface area contributed by atoms with E-state index in [1.165, 1.54) is 6.26 Å². The molecule has 0 amide bonds. The molecule has 0 saturated carbocycles. The molecule has 0 saturated heterocycles. The Morgan fingerprint density at radius 3 is 1.45 bits per heavy atom. The quantitative estimate of drug-likeness (QED) is 0.846. The van der Waals surface area contributed by atoms with E-state index in [4.69, 9.17) is 0 Å². The van der Waals surface area contributed by atoms with Crippen LogP contribution < -0.4 is 0 Å². The molecule has 0 aromatic heterocycles. The first-order valence-corrected chi connectivity index (χ1v) is 8.57. The highest BCUT2D eigenvalue weighted by molar-refractivity contribution is 7.92. The predicted molar refractivity (Wildman–Crippen MR) is 83.5 cm³/mol. The lowest BCUT2D eigenvalue weighted by molar-refractivity contribution is 0.527. The zero-order valence-electron chi connectivity index (χ0n) is 11.9. The van der Waals surface area contributed by atoms with Gasteiger partial charge in [0.15, 0.2) is 9.84 Å². The van der Waals surface area contributed by atoms with E-state index in [9.17, 15) is 8.42 Å². The molecule has 0 atom stereocenters. The topological polar surface area (TPSA) is 34.1 Å². The van der Waals surface area contributed by atoms with Gasteiger partial charge in [-0.2, -0.15) is 0 Å². The lowest BCUT2D eigenvalue weighted by Gasteiger charge is -2.28. The Labute approximate surface area is 121 Å². The average Bonchev–Trinajstić information content (AvgIpc) is 2.39. The molecule has 0 aliphatic carbocycles.